The van der Waals surface area contributed by atoms with E-state index in [1.54, 1.807) is 4.68 Å². The van der Waals surface area contributed by atoms with Crippen LogP contribution >= 0.6 is 0 Å². The predicted molar refractivity (Wildman–Crippen MR) is 57.1 cm³/mol. The minimum atomic E-state index is 0.00976. The Hall–Kier alpha value is -1.03. The maximum absolute atomic E-state index is 6.22. The van der Waals surface area contributed by atoms with E-state index in [2.05, 4.69) is 10.4 Å². The Balaban J connectivity index is 1.87. The summed E-state index contributed by atoms with van der Waals surface area (Å²) in [5.74, 6) is 0. The maximum Gasteiger partial charge on any atom is 0.0727 e. The minimum Gasteiger partial charge on any atom is -0.381 e. The maximum atomic E-state index is 6.22. The van der Waals surface area contributed by atoms with E-state index in [1.807, 2.05) is 19.4 Å². The Labute approximate surface area is 84.5 Å². The summed E-state index contributed by atoms with van der Waals surface area (Å²) < 4.78 is 1.79. The summed E-state index contributed by atoms with van der Waals surface area (Å²) in [6.07, 6.45) is 8.62. The highest BCUT2D eigenvalue weighted by Gasteiger charge is 2.28. The normalized spacial score (nSPS) is 19.9. The summed E-state index contributed by atoms with van der Waals surface area (Å²) in [6, 6.07) is 0. The van der Waals surface area contributed by atoms with E-state index in [4.69, 9.17) is 5.73 Å². The van der Waals surface area contributed by atoms with Crippen LogP contribution in [0, 0.1) is 0 Å². The molecule has 1 aliphatic rings. The molecule has 3 N–H and O–H groups in total. The molecule has 78 valence electrons. The molecular weight excluding hydrogens is 176 g/mol. The molecule has 0 atom stereocenters. The summed E-state index contributed by atoms with van der Waals surface area (Å²) >= 11 is 0. The van der Waals surface area contributed by atoms with Crippen LogP contribution in [-0.2, 0) is 7.05 Å². The largest absolute Gasteiger partial charge is 0.381 e. The number of nitrogens with zero attached hydrogens (tertiary/aromatic N) is 2. The number of anilines is 1. The minimum absolute atomic E-state index is 0.00976. The van der Waals surface area contributed by atoms with Crippen LogP contribution in [0.5, 0.6) is 0 Å². The van der Waals surface area contributed by atoms with E-state index >= 15 is 0 Å². The lowest BCUT2D eigenvalue weighted by Crippen LogP contribution is -2.43. The van der Waals surface area contributed by atoms with Gasteiger partial charge in [-0.15, -0.1) is 0 Å². The molecule has 1 aromatic rings. The van der Waals surface area contributed by atoms with E-state index in [-0.39, 0.29) is 5.54 Å². The molecule has 0 radical (unpaired) electrons. The van der Waals surface area contributed by atoms with Gasteiger partial charge in [-0.3, -0.25) is 4.68 Å². The molecule has 14 heavy (non-hydrogen) atoms. The van der Waals surface area contributed by atoms with Crippen molar-refractivity contribution in [3.8, 4) is 0 Å². The molecule has 1 heterocycles. The number of nitrogens with two attached hydrogens (primary N) is 1. The first-order chi connectivity index (χ1) is 6.68. The lowest BCUT2D eigenvalue weighted by Gasteiger charge is -2.23. The van der Waals surface area contributed by atoms with E-state index < -0.39 is 0 Å². The second kappa shape index (κ2) is 3.61. The van der Waals surface area contributed by atoms with Crippen LogP contribution < -0.4 is 11.1 Å². The monoisotopic (exact) mass is 194 g/mol. The molecule has 2 rings (SSSR count). The van der Waals surface area contributed by atoms with E-state index in [0.717, 1.165) is 25.1 Å². The Kier molecular flexibility index (Phi) is 2.46. The van der Waals surface area contributed by atoms with E-state index in [0.29, 0.717) is 0 Å². The van der Waals surface area contributed by atoms with Crippen LogP contribution in [-0.4, -0.2) is 21.9 Å². The van der Waals surface area contributed by atoms with Gasteiger partial charge in [0.15, 0.2) is 0 Å². The SMILES string of the molecule is Cn1cc(NCC2(N)CCCC2)cn1. The number of nitrogens with one attached hydrogen (secondary N) is 1. The third-order valence-electron chi connectivity index (χ3n) is 2.95. The van der Waals surface area contributed by atoms with Gasteiger partial charge in [-0.2, -0.15) is 5.10 Å². The van der Waals surface area contributed by atoms with Crippen molar-refractivity contribution in [3.05, 3.63) is 12.4 Å². The van der Waals surface area contributed by atoms with Crippen molar-refractivity contribution < 1.29 is 0 Å². The van der Waals surface area contributed by atoms with Crippen molar-refractivity contribution in [3.63, 3.8) is 0 Å². The Bertz CT molecular complexity index is 299. The topological polar surface area (TPSA) is 55.9 Å². The molecule has 0 bridgehead atoms. The molecule has 0 spiro atoms. The lowest BCUT2D eigenvalue weighted by molar-refractivity contribution is 0.464. The van der Waals surface area contributed by atoms with Crippen molar-refractivity contribution >= 4 is 5.69 Å². The van der Waals surface area contributed by atoms with Gasteiger partial charge in [-0.1, -0.05) is 12.8 Å². The van der Waals surface area contributed by atoms with Gasteiger partial charge in [0.2, 0.25) is 0 Å². The Morgan fingerprint density at radius 2 is 2.29 bits per heavy atom. The summed E-state index contributed by atoms with van der Waals surface area (Å²) in [5, 5.41) is 7.44. The second-order valence-electron chi connectivity index (χ2n) is 4.33. The van der Waals surface area contributed by atoms with Crippen molar-refractivity contribution in [2.75, 3.05) is 11.9 Å². The van der Waals surface area contributed by atoms with Gasteiger partial charge in [0.05, 0.1) is 11.9 Å². The number of aromatic nitrogens is 2. The van der Waals surface area contributed by atoms with Crippen molar-refractivity contribution in [1.82, 2.24) is 9.78 Å². The van der Waals surface area contributed by atoms with Crippen LogP contribution in [0.25, 0.3) is 0 Å². The molecule has 1 fully saturated rings. The zero-order valence-electron chi connectivity index (χ0n) is 8.66. The summed E-state index contributed by atoms with van der Waals surface area (Å²) in [5.41, 5.74) is 7.29. The zero-order chi connectivity index (χ0) is 10.0. The van der Waals surface area contributed by atoms with Gasteiger partial charge < -0.3 is 11.1 Å². The van der Waals surface area contributed by atoms with Gasteiger partial charge >= 0.3 is 0 Å². The molecule has 0 aliphatic heterocycles. The third kappa shape index (κ3) is 2.07. The molecule has 0 amide bonds. The number of rotatable bonds is 3. The second-order valence-corrected chi connectivity index (χ2v) is 4.33. The van der Waals surface area contributed by atoms with Gasteiger partial charge in [-0.05, 0) is 12.8 Å². The van der Waals surface area contributed by atoms with Gasteiger partial charge in [0, 0.05) is 25.3 Å². The molecule has 0 aromatic carbocycles. The fraction of sp³-hybridized carbons (Fsp3) is 0.700. The smallest absolute Gasteiger partial charge is 0.0727 e. The number of hydrogen-bond donors (Lipinski definition) is 2. The summed E-state index contributed by atoms with van der Waals surface area (Å²) in [7, 11) is 1.92. The number of hydrogen-bond acceptors (Lipinski definition) is 3. The van der Waals surface area contributed by atoms with Crippen LogP contribution in [0.2, 0.25) is 0 Å². The van der Waals surface area contributed by atoms with Gasteiger partial charge in [0.25, 0.3) is 0 Å². The van der Waals surface area contributed by atoms with Crippen LogP contribution in [0.15, 0.2) is 12.4 Å². The fourth-order valence-electron chi connectivity index (χ4n) is 2.05. The molecule has 4 nitrogen and oxygen atoms in total. The predicted octanol–water partition coefficient (Wildman–Crippen LogP) is 1.10. The van der Waals surface area contributed by atoms with Crippen molar-refractivity contribution in [1.29, 1.82) is 0 Å². The highest BCUT2D eigenvalue weighted by molar-refractivity contribution is 5.38. The fourth-order valence-corrected chi connectivity index (χ4v) is 2.05. The standard InChI is InChI=1S/C10H18N4/c1-14-7-9(6-13-14)12-8-10(11)4-2-3-5-10/h6-7,12H,2-5,8,11H2,1H3. The van der Waals surface area contributed by atoms with Crippen LogP contribution in [0.3, 0.4) is 0 Å². The quantitative estimate of drug-likeness (QED) is 0.757. The first-order valence-electron chi connectivity index (χ1n) is 5.19. The molecule has 1 aliphatic carbocycles. The third-order valence-corrected chi connectivity index (χ3v) is 2.95. The van der Waals surface area contributed by atoms with Crippen LogP contribution in [0.1, 0.15) is 25.7 Å². The van der Waals surface area contributed by atoms with E-state index in [9.17, 15) is 0 Å². The Morgan fingerprint density at radius 1 is 1.57 bits per heavy atom. The Morgan fingerprint density at radius 3 is 2.86 bits per heavy atom. The average Bonchev–Trinajstić information content (AvgIpc) is 2.73. The summed E-state index contributed by atoms with van der Waals surface area (Å²) in [6.45, 7) is 0.860. The highest BCUT2D eigenvalue weighted by Crippen LogP contribution is 2.27. The first-order valence-corrected chi connectivity index (χ1v) is 5.19. The van der Waals surface area contributed by atoms with Gasteiger partial charge in [-0.25, -0.2) is 0 Å². The van der Waals surface area contributed by atoms with E-state index in [1.165, 1.54) is 12.8 Å². The zero-order valence-corrected chi connectivity index (χ0v) is 8.66. The van der Waals surface area contributed by atoms with Crippen molar-refractivity contribution in [2.45, 2.75) is 31.2 Å². The van der Waals surface area contributed by atoms with Crippen molar-refractivity contribution in [2.24, 2.45) is 12.8 Å². The number of aryl methyl sites for hydroxylation is 1. The molecule has 0 unspecified atom stereocenters. The molecule has 0 saturated heterocycles. The first kappa shape index (κ1) is 9.52. The molecule has 1 saturated carbocycles. The van der Waals surface area contributed by atoms with Crippen LogP contribution in [0.4, 0.5) is 5.69 Å². The average molecular weight is 194 g/mol. The lowest BCUT2D eigenvalue weighted by atomic mass is 9.99. The summed E-state index contributed by atoms with van der Waals surface area (Å²) in [4.78, 5) is 0. The molecular formula is C10H18N4. The van der Waals surface area contributed by atoms with Gasteiger partial charge in [0.1, 0.15) is 0 Å². The highest BCUT2D eigenvalue weighted by atomic mass is 15.3. The molecule has 1 aromatic heterocycles. The molecule has 4 heteroatoms.